The maximum absolute atomic E-state index is 2.16. The summed E-state index contributed by atoms with van der Waals surface area (Å²) >= 11 is 0. The van der Waals surface area contributed by atoms with Gasteiger partial charge in [-0.2, -0.15) is 45.5 Å². The van der Waals surface area contributed by atoms with E-state index in [0.29, 0.717) is 0 Å². The summed E-state index contributed by atoms with van der Waals surface area (Å²) in [4.78, 5) is 0. The van der Waals surface area contributed by atoms with E-state index in [2.05, 4.69) is 65.8 Å². The van der Waals surface area contributed by atoms with Crippen molar-refractivity contribution in [1.82, 2.24) is 0 Å². The van der Waals surface area contributed by atoms with Crippen molar-refractivity contribution in [2.24, 2.45) is 0 Å². The first-order valence-electron chi connectivity index (χ1n) is 5.82. The molecule has 0 bridgehead atoms. The van der Waals surface area contributed by atoms with Gasteiger partial charge in [-0.05, 0) is 0 Å². The Morgan fingerprint density at radius 2 is 1.00 bits per heavy atom. The number of hydrogen-bond donors (Lipinski definition) is 0. The van der Waals surface area contributed by atoms with Crippen molar-refractivity contribution in [2.75, 3.05) is 0 Å². The minimum Gasteiger partial charge on any atom is -0.210 e. The van der Waals surface area contributed by atoms with Gasteiger partial charge in [-0.1, -0.05) is 41.5 Å². The molecular weight excluding hydrogens is 243 g/mol. The summed E-state index contributed by atoms with van der Waals surface area (Å²) in [7, 11) is 0. The van der Waals surface area contributed by atoms with E-state index in [4.69, 9.17) is 0 Å². The molecule has 1 heteroatoms. The molecule has 0 aliphatic rings. The summed E-state index contributed by atoms with van der Waals surface area (Å²) in [5, 5.41) is 0. The Balaban J connectivity index is 0.000000284. The zero-order valence-electron chi connectivity index (χ0n) is 11.8. The van der Waals surface area contributed by atoms with E-state index in [-0.39, 0.29) is 18.6 Å². The Morgan fingerprint density at radius 3 is 1.06 bits per heavy atom. The van der Waals surface area contributed by atoms with Gasteiger partial charge in [0, 0.05) is 0 Å². The van der Waals surface area contributed by atoms with Crippen LogP contribution in [0.25, 0.3) is 0 Å². The molecule has 91 valence electrons. The third-order valence-corrected chi connectivity index (χ3v) is 3.53. The maximum atomic E-state index is 2.16. The van der Waals surface area contributed by atoms with E-state index in [9.17, 15) is 0 Å². The third-order valence-electron chi connectivity index (χ3n) is 3.53. The second-order valence-electron chi connectivity index (χ2n) is 4.65. The van der Waals surface area contributed by atoms with Crippen molar-refractivity contribution in [2.45, 2.75) is 41.5 Å². The van der Waals surface area contributed by atoms with Crippen molar-refractivity contribution >= 4 is 0 Å². The molecule has 2 rings (SSSR count). The maximum Gasteiger partial charge on any atom is 2.00 e. The molecule has 0 saturated heterocycles. The molecule has 0 aromatic heterocycles. The van der Waals surface area contributed by atoms with Gasteiger partial charge in [-0.15, -0.1) is 0 Å². The van der Waals surface area contributed by atoms with Crippen LogP contribution in [0.2, 0.25) is 0 Å². The normalized spacial score (nSPS) is 9.29. The minimum absolute atomic E-state index is 0. The summed E-state index contributed by atoms with van der Waals surface area (Å²) in [6, 6.07) is 8.63. The van der Waals surface area contributed by atoms with Gasteiger partial charge in [-0.3, -0.25) is 0 Å². The molecule has 0 unspecified atom stereocenters. The summed E-state index contributed by atoms with van der Waals surface area (Å²) in [5.74, 6) is 0. The van der Waals surface area contributed by atoms with Crippen LogP contribution in [-0.4, -0.2) is 0 Å². The fourth-order valence-corrected chi connectivity index (χ4v) is 1.62. The smallest absolute Gasteiger partial charge is 0.210 e. The van der Waals surface area contributed by atoms with Crippen LogP contribution >= 0.6 is 0 Å². The van der Waals surface area contributed by atoms with Crippen molar-refractivity contribution in [3.8, 4) is 0 Å². The van der Waals surface area contributed by atoms with Crippen LogP contribution in [0, 0.1) is 41.5 Å². The molecule has 0 aliphatic carbocycles. The van der Waals surface area contributed by atoms with Crippen LogP contribution < -0.4 is 0 Å². The quantitative estimate of drug-likeness (QED) is 0.608. The predicted molar refractivity (Wildman–Crippen MR) is 72.5 cm³/mol. The van der Waals surface area contributed by atoms with E-state index in [1.54, 1.807) is 0 Å². The first kappa shape index (κ1) is 16.3. The van der Waals surface area contributed by atoms with Crippen LogP contribution in [0.5, 0.6) is 0 Å². The molecule has 0 saturated carbocycles. The van der Waals surface area contributed by atoms with Gasteiger partial charge in [0.05, 0.1) is 0 Å². The Hall–Kier alpha value is -0.716. The molecule has 0 fully saturated rings. The molecule has 2 aromatic carbocycles. The van der Waals surface area contributed by atoms with E-state index in [1.807, 2.05) is 0 Å². The average molecular weight is 265 g/mol. The number of aryl methyl sites for hydroxylation is 4. The summed E-state index contributed by atoms with van der Waals surface area (Å²) < 4.78 is 0. The van der Waals surface area contributed by atoms with Crippen molar-refractivity contribution in [3.63, 3.8) is 0 Å². The van der Waals surface area contributed by atoms with E-state index < -0.39 is 0 Å². The molecule has 2 aromatic rings. The summed E-state index contributed by atoms with van der Waals surface area (Å²) in [6.07, 6.45) is 0. The monoisotopic (exact) mass is 265 g/mol. The average Bonchev–Trinajstić information content (AvgIpc) is 2.70. The van der Waals surface area contributed by atoms with Crippen LogP contribution in [0.4, 0.5) is 0 Å². The van der Waals surface area contributed by atoms with Crippen molar-refractivity contribution in [3.05, 3.63) is 57.6 Å². The zero-order valence-corrected chi connectivity index (χ0v) is 13.2. The van der Waals surface area contributed by atoms with Gasteiger partial charge in [0.2, 0.25) is 0 Å². The molecule has 0 atom stereocenters. The van der Waals surface area contributed by atoms with Crippen LogP contribution in [0.1, 0.15) is 33.4 Å². The van der Waals surface area contributed by atoms with Gasteiger partial charge in [0.1, 0.15) is 0 Å². The number of rotatable bonds is 0. The Morgan fingerprint density at radius 1 is 0.706 bits per heavy atom. The molecule has 0 spiro atoms. The Labute approximate surface area is 118 Å². The van der Waals surface area contributed by atoms with Gasteiger partial charge >= 0.3 is 18.6 Å². The molecule has 0 aliphatic heterocycles. The van der Waals surface area contributed by atoms with Gasteiger partial charge in [0.25, 0.3) is 0 Å². The fourth-order valence-electron chi connectivity index (χ4n) is 1.62. The molecule has 17 heavy (non-hydrogen) atoms. The van der Waals surface area contributed by atoms with Gasteiger partial charge < -0.3 is 0 Å². The van der Waals surface area contributed by atoms with Gasteiger partial charge in [0.15, 0.2) is 0 Å². The molecule has 1 radical (unpaired) electrons. The first-order chi connectivity index (χ1) is 7.43. The molecule has 0 N–H and O–H groups in total. The van der Waals surface area contributed by atoms with E-state index in [1.165, 1.54) is 33.4 Å². The van der Waals surface area contributed by atoms with Crippen molar-refractivity contribution in [1.29, 1.82) is 0 Å². The zero-order chi connectivity index (χ0) is 12.3. The second kappa shape index (κ2) is 6.88. The third kappa shape index (κ3) is 4.22. The number of hydrogen-bond acceptors (Lipinski definition) is 0. The molecular formula is C16H22V. The second-order valence-corrected chi connectivity index (χ2v) is 4.65. The van der Waals surface area contributed by atoms with E-state index >= 15 is 0 Å². The summed E-state index contributed by atoms with van der Waals surface area (Å²) in [6.45, 7) is 12.9. The summed E-state index contributed by atoms with van der Waals surface area (Å²) in [5.41, 5.74) is 8.49. The first-order valence-corrected chi connectivity index (χ1v) is 5.82. The van der Waals surface area contributed by atoms with Gasteiger partial charge in [-0.25, -0.2) is 12.1 Å². The largest absolute Gasteiger partial charge is 2.00 e. The minimum atomic E-state index is 0. The molecule has 0 amide bonds. The van der Waals surface area contributed by atoms with Crippen molar-refractivity contribution < 1.29 is 18.6 Å². The molecule has 0 nitrogen and oxygen atoms in total. The SMILES string of the molecule is Cc1cc[c-](C)c1C.Cc1cc[c-](C)c1C.[V+2]. The fraction of sp³-hybridized carbons (Fsp3) is 0.375. The Bertz CT molecular complexity index is 375. The molecule has 0 heterocycles. The van der Waals surface area contributed by atoms with Crippen LogP contribution in [-0.2, 0) is 18.6 Å². The predicted octanol–water partition coefficient (Wildman–Crippen LogP) is 4.66. The Kier molecular flexibility index (Phi) is 6.59. The standard InChI is InChI=1S/2C8H11.V/c2*1-6-4-5-7(2)8(6)3;/h2*4-5H,1-3H3;/q2*-1;+2. The van der Waals surface area contributed by atoms with E-state index in [0.717, 1.165) is 0 Å². The topological polar surface area (TPSA) is 0 Å². The van der Waals surface area contributed by atoms with Crippen LogP contribution in [0.15, 0.2) is 24.3 Å². The van der Waals surface area contributed by atoms with Crippen LogP contribution in [0.3, 0.4) is 0 Å².